The maximum absolute atomic E-state index is 13.3. The lowest BCUT2D eigenvalue weighted by atomic mass is 10.1. The summed E-state index contributed by atoms with van der Waals surface area (Å²) in [4.78, 5) is 0. The highest BCUT2D eigenvalue weighted by molar-refractivity contribution is 6.00. The van der Waals surface area contributed by atoms with Crippen LogP contribution in [0.25, 0.3) is 0 Å². The van der Waals surface area contributed by atoms with Crippen molar-refractivity contribution in [1.29, 1.82) is 5.26 Å². The van der Waals surface area contributed by atoms with Gasteiger partial charge in [0.2, 0.25) is 0 Å². The van der Waals surface area contributed by atoms with Gasteiger partial charge >= 0.3 is 0 Å². The number of hydrogen-bond acceptors (Lipinski definition) is 4. The van der Waals surface area contributed by atoms with Crippen molar-refractivity contribution < 1.29 is 14.3 Å². The van der Waals surface area contributed by atoms with E-state index in [9.17, 15) is 4.39 Å². The number of nitriles is 1. The number of benzene rings is 2. The van der Waals surface area contributed by atoms with Gasteiger partial charge in [0.1, 0.15) is 18.2 Å². The van der Waals surface area contributed by atoms with Crippen molar-refractivity contribution in [3.8, 4) is 11.8 Å². The molecule has 0 unspecified atom stereocenters. The summed E-state index contributed by atoms with van der Waals surface area (Å²) >= 11 is 0. The minimum Gasteiger partial charge on any atom is -0.488 e. The Morgan fingerprint density at radius 3 is 2.86 bits per heavy atom. The molecule has 0 aromatic heterocycles. The third-order valence-corrected chi connectivity index (χ3v) is 2.93. The van der Waals surface area contributed by atoms with Crippen LogP contribution in [0.1, 0.15) is 23.6 Å². The normalized spacial score (nSPS) is 11.0. The number of nitrogens with zero attached hydrogens (tertiary/aromatic N) is 2. The first-order valence-corrected chi connectivity index (χ1v) is 6.24. The maximum atomic E-state index is 13.3. The second kappa shape index (κ2) is 6.53. The van der Waals surface area contributed by atoms with Crippen LogP contribution in [-0.2, 0) is 6.61 Å². The van der Waals surface area contributed by atoms with Gasteiger partial charge in [-0.1, -0.05) is 17.3 Å². The third kappa shape index (κ3) is 3.57. The van der Waals surface area contributed by atoms with E-state index in [2.05, 4.69) is 5.16 Å². The number of oxime groups is 1. The highest BCUT2D eigenvalue weighted by Gasteiger charge is 2.09. The summed E-state index contributed by atoms with van der Waals surface area (Å²) in [5, 5.41) is 20.8. The van der Waals surface area contributed by atoms with Crippen LogP contribution in [0.15, 0.2) is 47.6 Å². The predicted molar refractivity (Wildman–Crippen MR) is 75.9 cm³/mol. The predicted octanol–water partition coefficient (Wildman–Crippen LogP) is 3.47. The lowest BCUT2D eigenvalue weighted by Gasteiger charge is -2.11. The number of rotatable bonds is 4. The molecule has 1 N–H and O–H groups in total. The molecular weight excluding hydrogens is 271 g/mol. The van der Waals surface area contributed by atoms with Gasteiger partial charge in [0.05, 0.1) is 17.3 Å². The van der Waals surface area contributed by atoms with E-state index in [0.29, 0.717) is 16.8 Å². The number of hydrogen-bond donors (Lipinski definition) is 1. The Morgan fingerprint density at radius 2 is 2.14 bits per heavy atom. The second-order valence-electron chi connectivity index (χ2n) is 4.43. The van der Waals surface area contributed by atoms with E-state index in [-0.39, 0.29) is 12.4 Å². The van der Waals surface area contributed by atoms with E-state index in [1.807, 2.05) is 12.1 Å². The van der Waals surface area contributed by atoms with Crippen molar-refractivity contribution in [3.63, 3.8) is 0 Å². The lowest BCUT2D eigenvalue weighted by Crippen LogP contribution is -2.03. The molecule has 0 saturated carbocycles. The zero-order chi connectivity index (χ0) is 15.2. The third-order valence-electron chi connectivity index (χ3n) is 2.93. The molecule has 0 atom stereocenters. The molecule has 0 fully saturated rings. The van der Waals surface area contributed by atoms with E-state index >= 15 is 0 Å². The first-order valence-electron chi connectivity index (χ1n) is 6.24. The summed E-state index contributed by atoms with van der Waals surface area (Å²) in [5.74, 6) is -0.155. The zero-order valence-corrected chi connectivity index (χ0v) is 11.4. The van der Waals surface area contributed by atoms with Crippen LogP contribution >= 0.6 is 0 Å². The lowest BCUT2D eigenvalue weighted by molar-refractivity contribution is 0.302. The first-order chi connectivity index (χ1) is 10.1. The number of halogens is 1. The van der Waals surface area contributed by atoms with Crippen LogP contribution in [0.2, 0.25) is 0 Å². The summed E-state index contributed by atoms with van der Waals surface area (Å²) in [6.07, 6.45) is 0. The molecule has 0 spiro atoms. The molecule has 0 saturated heterocycles. The summed E-state index contributed by atoms with van der Waals surface area (Å²) in [5.41, 5.74) is 2.16. The van der Waals surface area contributed by atoms with Gasteiger partial charge in [0.15, 0.2) is 0 Å². The standard InChI is InChI=1S/C16H13FN2O2/c1-11(19-20)15-6-5-14(17)8-16(15)21-10-13-4-2-3-12(7-13)9-18/h2-8,20H,10H2,1H3. The van der Waals surface area contributed by atoms with Crippen molar-refractivity contribution in [2.75, 3.05) is 0 Å². The SMILES string of the molecule is CC(=NO)c1ccc(F)cc1OCc1cccc(C#N)c1. The molecule has 0 aliphatic heterocycles. The van der Waals surface area contributed by atoms with Crippen molar-refractivity contribution in [2.45, 2.75) is 13.5 Å². The molecule has 0 heterocycles. The molecule has 0 aliphatic rings. The Kier molecular flexibility index (Phi) is 4.52. The number of ether oxygens (including phenoxy) is 1. The fourth-order valence-corrected chi connectivity index (χ4v) is 1.86. The van der Waals surface area contributed by atoms with Crippen LogP contribution in [0.3, 0.4) is 0 Å². The Bertz CT molecular complexity index is 720. The Balaban J connectivity index is 2.23. The van der Waals surface area contributed by atoms with Gasteiger partial charge in [-0.2, -0.15) is 5.26 Å². The minimum atomic E-state index is -0.440. The monoisotopic (exact) mass is 284 g/mol. The Labute approximate surface area is 121 Å². The molecule has 5 heteroatoms. The molecule has 4 nitrogen and oxygen atoms in total. The topological polar surface area (TPSA) is 65.6 Å². The first kappa shape index (κ1) is 14.5. The fourth-order valence-electron chi connectivity index (χ4n) is 1.86. The highest BCUT2D eigenvalue weighted by Crippen LogP contribution is 2.22. The molecule has 0 bridgehead atoms. The molecule has 2 aromatic carbocycles. The fraction of sp³-hybridized carbons (Fsp3) is 0.125. The Hall–Kier alpha value is -2.87. The molecule has 21 heavy (non-hydrogen) atoms. The summed E-state index contributed by atoms with van der Waals surface area (Å²) < 4.78 is 18.9. The van der Waals surface area contributed by atoms with Crippen molar-refractivity contribution in [1.82, 2.24) is 0 Å². The second-order valence-corrected chi connectivity index (χ2v) is 4.43. The van der Waals surface area contributed by atoms with E-state index in [1.165, 1.54) is 18.2 Å². The van der Waals surface area contributed by atoms with Gasteiger partial charge in [0, 0.05) is 11.6 Å². The highest BCUT2D eigenvalue weighted by atomic mass is 19.1. The van der Waals surface area contributed by atoms with Crippen LogP contribution < -0.4 is 4.74 Å². The van der Waals surface area contributed by atoms with Crippen molar-refractivity contribution in [2.24, 2.45) is 5.16 Å². The quantitative estimate of drug-likeness (QED) is 0.531. The van der Waals surface area contributed by atoms with Gasteiger partial charge in [-0.3, -0.25) is 0 Å². The van der Waals surface area contributed by atoms with Gasteiger partial charge in [-0.25, -0.2) is 4.39 Å². The average molecular weight is 284 g/mol. The van der Waals surface area contributed by atoms with Crippen LogP contribution in [-0.4, -0.2) is 10.9 Å². The smallest absolute Gasteiger partial charge is 0.131 e. The van der Waals surface area contributed by atoms with Crippen LogP contribution in [0, 0.1) is 17.1 Å². The molecule has 2 aromatic rings. The molecular formula is C16H13FN2O2. The van der Waals surface area contributed by atoms with Gasteiger partial charge < -0.3 is 9.94 Å². The van der Waals surface area contributed by atoms with Crippen LogP contribution in [0.4, 0.5) is 4.39 Å². The summed E-state index contributed by atoms with van der Waals surface area (Å²) in [7, 11) is 0. The summed E-state index contributed by atoms with van der Waals surface area (Å²) in [6, 6.07) is 13.0. The van der Waals surface area contributed by atoms with Gasteiger partial charge in [-0.15, -0.1) is 0 Å². The molecule has 2 rings (SSSR count). The average Bonchev–Trinajstić information content (AvgIpc) is 2.52. The summed E-state index contributed by atoms with van der Waals surface area (Å²) in [6.45, 7) is 1.78. The van der Waals surface area contributed by atoms with Gasteiger partial charge in [-0.05, 0) is 36.8 Å². The minimum absolute atomic E-state index is 0.185. The van der Waals surface area contributed by atoms with E-state index < -0.39 is 5.82 Å². The molecule has 0 radical (unpaired) electrons. The van der Waals surface area contributed by atoms with Crippen LogP contribution in [0.5, 0.6) is 5.75 Å². The Morgan fingerprint density at radius 1 is 1.33 bits per heavy atom. The maximum Gasteiger partial charge on any atom is 0.131 e. The zero-order valence-electron chi connectivity index (χ0n) is 11.4. The molecule has 0 aliphatic carbocycles. The molecule has 106 valence electrons. The van der Waals surface area contributed by atoms with E-state index in [1.54, 1.807) is 25.1 Å². The van der Waals surface area contributed by atoms with E-state index in [0.717, 1.165) is 5.56 Å². The molecule has 0 amide bonds. The van der Waals surface area contributed by atoms with E-state index in [4.69, 9.17) is 15.2 Å². The van der Waals surface area contributed by atoms with Gasteiger partial charge in [0.25, 0.3) is 0 Å². The van der Waals surface area contributed by atoms with Crippen molar-refractivity contribution >= 4 is 5.71 Å². The largest absolute Gasteiger partial charge is 0.488 e. The van der Waals surface area contributed by atoms with Crippen molar-refractivity contribution in [3.05, 3.63) is 65.0 Å².